The average Bonchev–Trinajstić information content (AvgIpc) is 2.12. The van der Waals surface area contributed by atoms with Crippen LogP contribution in [0.5, 0.6) is 0 Å². The molecule has 0 spiro atoms. The quantitative estimate of drug-likeness (QED) is 0.682. The van der Waals surface area contributed by atoms with Gasteiger partial charge >= 0.3 is 5.97 Å². The molecule has 3 N–H and O–H groups in total. The van der Waals surface area contributed by atoms with E-state index in [2.05, 4.69) is 13.8 Å². The van der Waals surface area contributed by atoms with E-state index in [-0.39, 0.29) is 24.7 Å². The Balaban J connectivity index is 0. The number of carboxylic acids is 1. The van der Waals surface area contributed by atoms with Gasteiger partial charge in [-0.3, -0.25) is 4.79 Å². The van der Waals surface area contributed by atoms with E-state index in [0.717, 1.165) is 6.42 Å². The summed E-state index contributed by atoms with van der Waals surface area (Å²) in [5.41, 5.74) is 5.53. The number of carbonyl (C=O) groups is 1. The zero-order valence-corrected chi connectivity index (χ0v) is 10.6. The Kier molecular flexibility index (Phi) is 11.7. The highest BCUT2D eigenvalue weighted by atomic mass is 35.5. The summed E-state index contributed by atoms with van der Waals surface area (Å²) in [6, 6.07) is 0. The predicted molar refractivity (Wildman–Crippen MR) is 65.4 cm³/mol. The number of rotatable bonds is 8. The second-order valence-electron chi connectivity index (χ2n) is 4.18. The first kappa shape index (κ1) is 17.1. The molecule has 0 aliphatic heterocycles. The number of carboxylic acid groups (broad SMARTS) is 1. The third-order valence-corrected chi connectivity index (χ3v) is 2.58. The van der Waals surface area contributed by atoms with Gasteiger partial charge in [0.2, 0.25) is 0 Å². The Bertz CT molecular complexity index is 165. The average molecular weight is 238 g/mol. The van der Waals surface area contributed by atoms with Crippen molar-refractivity contribution in [2.45, 2.75) is 46.0 Å². The standard InChI is InChI=1S/C11H23NO2.ClH/c1-3-4-5-9(2)6-10(8-12)7-11(13)14;/h9-10H,3-8,12H2,1-2H3,(H,13,14);1H/t9?,10-;/m0./s1. The molecule has 2 atom stereocenters. The van der Waals surface area contributed by atoms with E-state index in [0.29, 0.717) is 12.5 Å². The van der Waals surface area contributed by atoms with Gasteiger partial charge in [-0.25, -0.2) is 0 Å². The lowest BCUT2D eigenvalue weighted by Gasteiger charge is -2.17. The SMILES string of the molecule is CCCCC(C)C[C@H](CN)CC(=O)O.Cl. The van der Waals surface area contributed by atoms with E-state index in [9.17, 15) is 4.79 Å². The molecule has 0 aliphatic rings. The highest BCUT2D eigenvalue weighted by Gasteiger charge is 2.14. The molecule has 0 aromatic heterocycles. The van der Waals surface area contributed by atoms with Crippen LogP contribution >= 0.6 is 12.4 Å². The molecule has 3 nitrogen and oxygen atoms in total. The van der Waals surface area contributed by atoms with Crippen LogP contribution < -0.4 is 5.73 Å². The first-order chi connectivity index (χ1) is 6.60. The molecular weight excluding hydrogens is 214 g/mol. The van der Waals surface area contributed by atoms with Crippen LogP contribution in [0.15, 0.2) is 0 Å². The van der Waals surface area contributed by atoms with Gasteiger partial charge in [0.25, 0.3) is 0 Å². The highest BCUT2D eigenvalue weighted by molar-refractivity contribution is 5.85. The molecule has 0 heterocycles. The second kappa shape index (κ2) is 10.2. The highest BCUT2D eigenvalue weighted by Crippen LogP contribution is 2.19. The minimum absolute atomic E-state index is 0. The molecule has 15 heavy (non-hydrogen) atoms. The van der Waals surface area contributed by atoms with Crippen molar-refractivity contribution in [3.8, 4) is 0 Å². The summed E-state index contributed by atoms with van der Waals surface area (Å²) in [4.78, 5) is 10.5. The van der Waals surface area contributed by atoms with Crippen molar-refractivity contribution in [1.82, 2.24) is 0 Å². The van der Waals surface area contributed by atoms with E-state index in [1.165, 1.54) is 19.3 Å². The van der Waals surface area contributed by atoms with Crippen LogP contribution in [0.2, 0.25) is 0 Å². The van der Waals surface area contributed by atoms with Crippen molar-refractivity contribution < 1.29 is 9.90 Å². The molecule has 0 aromatic rings. The zero-order valence-electron chi connectivity index (χ0n) is 9.74. The lowest BCUT2D eigenvalue weighted by Crippen LogP contribution is -2.20. The van der Waals surface area contributed by atoms with Crippen LogP contribution in [0, 0.1) is 11.8 Å². The van der Waals surface area contributed by atoms with Crippen molar-refractivity contribution >= 4 is 18.4 Å². The number of unbranched alkanes of at least 4 members (excludes halogenated alkanes) is 1. The van der Waals surface area contributed by atoms with Crippen molar-refractivity contribution in [3.63, 3.8) is 0 Å². The summed E-state index contributed by atoms with van der Waals surface area (Å²) in [6.45, 7) is 4.84. The van der Waals surface area contributed by atoms with Gasteiger partial charge in [0, 0.05) is 6.42 Å². The van der Waals surface area contributed by atoms with E-state index < -0.39 is 5.97 Å². The topological polar surface area (TPSA) is 63.3 Å². The van der Waals surface area contributed by atoms with Crippen LogP contribution in [-0.2, 0) is 4.79 Å². The maximum absolute atomic E-state index is 10.5. The molecule has 0 aliphatic carbocycles. The predicted octanol–water partition coefficient (Wildman–Crippen LogP) is 2.67. The van der Waals surface area contributed by atoms with Gasteiger partial charge in [-0.2, -0.15) is 0 Å². The Morgan fingerprint density at radius 2 is 2.07 bits per heavy atom. The summed E-state index contributed by atoms with van der Waals surface area (Å²) in [5.74, 6) is 0.0188. The largest absolute Gasteiger partial charge is 0.481 e. The molecule has 0 fully saturated rings. The fourth-order valence-corrected chi connectivity index (χ4v) is 1.75. The Morgan fingerprint density at radius 3 is 2.47 bits per heavy atom. The van der Waals surface area contributed by atoms with Gasteiger partial charge in [0.15, 0.2) is 0 Å². The smallest absolute Gasteiger partial charge is 0.303 e. The fourth-order valence-electron chi connectivity index (χ4n) is 1.75. The molecule has 0 amide bonds. The molecule has 0 radical (unpaired) electrons. The third kappa shape index (κ3) is 10.0. The molecule has 0 aromatic carbocycles. The monoisotopic (exact) mass is 237 g/mol. The second-order valence-corrected chi connectivity index (χ2v) is 4.18. The molecule has 0 saturated carbocycles. The van der Waals surface area contributed by atoms with Crippen molar-refractivity contribution in [1.29, 1.82) is 0 Å². The minimum Gasteiger partial charge on any atom is -0.481 e. The molecule has 0 bridgehead atoms. The van der Waals surface area contributed by atoms with Gasteiger partial charge in [0.1, 0.15) is 0 Å². The maximum Gasteiger partial charge on any atom is 0.303 e. The third-order valence-electron chi connectivity index (χ3n) is 2.58. The summed E-state index contributed by atoms with van der Waals surface area (Å²) >= 11 is 0. The molecule has 1 unspecified atom stereocenters. The van der Waals surface area contributed by atoms with E-state index in [4.69, 9.17) is 10.8 Å². The van der Waals surface area contributed by atoms with Gasteiger partial charge in [-0.05, 0) is 24.8 Å². The van der Waals surface area contributed by atoms with Crippen molar-refractivity contribution in [3.05, 3.63) is 0 Å². The van der Waals surface area contributed by atoms with Crippen molar-refractivity contribution in [2.24, 2.45) is 17.6 Å². The summed E-state index contributed by atoms with van der Waals surface area (Å²) in [5, 5.41) is 8.65. The number of nitrogens with two attached hydrogens (primary N) is 1. The van der Waals surface area contributed by atoms with Gasteiger partial charge in [0.05, 0.1) is 0 Å². The van der Waals surface area contributed by atoms with Crippen LogP contribution in [0.4, 0.5) is 0 Å². The number of aliphatic carboxylic acids is 1. The van der Waals surface area contributed by atoms with Crippen LogP contribution in [0.1, 0.15) is 46.0 Å². The summed E-state index contributed by atoms with van der Waals surface area (Å²) < 4.78 is 0. The molecule has 4 heteroatoms. The lowest BCUT2D eigenvalue weighted by atomic mass is 9.90. The summed E-state index contributed by atoms with van der Waals surface area (Å²) in [7, 11) is 0. The molecular formula is C11H24ClNO2. The normalized spacial score (nSPS) is 14.1. The van der Waals surface area contributed by atoms with Crippen molar-refractivity contribution in [2.75, 3.05) is 6.54 Å². The number of halogens is 1. The van der Waals surface area contributed by atoms with E-state index in [1.54, 1.807) is 0 Å². The fraction of sp³-hybridized carbons (Fsp3) is 0.909. The Morgan fingerprint density at radius 1 is 1.47 bits per heavy atom. The minimum atomic E-state index is -0.733. The van der Waals surface area contributed by atoms with Crippen LogP contribution in [0.3, 0.4) is 0 Å². The first-order valence-corrected chi connectivity index (χ1v) is 5.52. The summed E-state index contributed by atoms with van der Waals surface area (Å²) in [6.07, 6.45) is 4.78. The maximum atomic E-state index is 10.5. The molecule has 0 rings (SSSR count). The number of hydrogen-bond donors (Lipinski definition) is 2. The number of hydrogen-bond acceptors (Lipinski definition) is 2. The molecule has 92 valence electrons. The Labute approximate surface area is 98.8 Å². The first-order valence-electron chi connectivity index (χ1n) is 5.52. The zero-order chi connectivity index (χ0) is 11.0. The lowest BCUT2D eigenvalue weighted by molar-refractivity contribution is -0.138. The van der Waals surface area contributed by atoms with Gasteiger partial charge < -0.3 is 10.8 Å². The van der Waals surface area contributed by atoms with Gasteiger partial charge in [-0.15, -0.1) is 12.4 Å². The van der Waals surface area contributed by atoms with Crippen LogP contribution in [-0.4, -0.2) is 17.6 Å². The molecule has 0 saturated heterocycles. The van der Waals surface area contributed by atoms with E-state index >= 15 is 0 Å². The van der Waals surface area contributed by atoms with Crippen LogP contribution in [0.25, 0.3) is 0 Å². The van der Waals surface area contributed by atoms with Gasteiger partial charge in [-0.1, -0.05) is 33.1 Å². The van der Waals surface area contributed by atoms with E-state index in [1.807, 2.05) is 0 Å². The Hall–Kier alpha value is -0.280.